The van der Waals surface area contributed by atoms with E-state index in [4.69, 9.17) is 5.73 Å². The first kappa shape index (κ1) is 18.2. The SMILES string of the molecule is Nc1ccc(/C=C/C(=O)NCCC2C3CN(C(=O)c4ccccc4)CC23)cn1. The Morgan fingerprint density at radius 1 is 1.14 bits per heavy atom. The van der Waals surface area contributed by atoms with Crippen LogP contribution in [-0.4, -0.2) is 41.3 Å². The summed E-state index contributed by atoms with van der Waals surface area (Å²) in [5.74, 6) is 2.26. The number of nitrogen functional groups attached to an aromatic ring is 1. The van der Waals surface area contributed by atoms with E-state index >= 15 is 0 Å². The predicted octanol–water partition coefficient (Wildman–Crippen LogP) is 2.20. The van der Waals surface area contributed by atoms with Crippen molar-refractivity contribution >= 4 is 23.7 Å². The molecule has 1 saturated carbocycles. The summed E-state index contributed by atoms with van der Waals surface area (Å²) >= 11 is 0. The maximum atomic E-state index is 12.5. The van der Waals surface area contributed by atoms with Crippen LogP contribution in [0.25, 0.3) is 6.08 Å². The molecular weight excluding hydrogens is 352 g/mol. The predicted molar refractivity (Wildman–Crippen MR) is 108 cm³/mol. The summed E-state index contributed by atoms with van der Waals surface area (Å²) in [5.41, 5.74) is 7.14. The number of piperidine rings is 1. The van der Waals surface area contributed by atoms with Crippen LogP contribution in [0.3, 0.4) is 0 Å². The number of carbonyl (C=O) groups excluding carboxylic acids is 2. The lowest BCUT2D eigenvalue weighted by atomic mass is 10.1. The van der Waals surface area contributed by atoms with Crippen LogP contribution >= 0.6 is 0 Å². The third kappa shape index (κ3) is 4.06. The van der Waals surface area contributed by atoms with Crippen LogP contribution in [0.15, 0.2) is 54.7 Å². The number of nitrogens with one attached hydrogen (secondary N) is 1. The van der Waals surface area contributed by atoms with Crippen LogP contribution in [0.2, 0.25) is 0 Å². The Bertz CT molecular complexity index is 867. The molecule has 1 aliphatic heterocycles. The first-order chi connectivity index (χ1) is 13.6. The smallest absolute Gasteiger partial charge is 0.253 e. The van der Waals surface area contributed by atoms with Crippen molar-refractivity contribution in [2.24, 2.45) is 17.8 Å². The van der Waals surface area contributed by atoms with E-state index in [0.29, 0.717) is 30.1 Å². The molecular formula is C22H24N4O2. The van der Waals surface area contributed by atoms with Crippen LogP contribution in [-0.2, 0) is 4.79 Å². The van der Waals surface area contributed by atoms with E-state index < -0.39 is 0 Å². The zero-order chi connectivity index (χ0) is 19.5. The molecule has 1 aromatic carbocycles. The number of carbonyl (C=O) groups is 2. The van der Waals surface area contributed by atoms with Gasteiger partial charge in [0.25, 0.3) is 5.91 Å². The molecule has 2 atom stereocenters. The number of benzene rings is 1. The van der Waals surface area contributed by atoms with Crippen LogP contribution in [0.4, 0.5) is 5.82 Å². The molecule has 2 fully saturated rings. The van der Waals surface area contributed by atoms with Gasteiger partial charge in [0.05, 0.1) is 0 Å². The standard InChI is InChI=1S/C22H24N4O2/c23-20-8-6-15(12-25-20)7-9-21(27)24-11-10-17-18-13-26(14-19(17)18)22(28)16-4-2-1-3-5-16/h1-9,12,17-19H,10-11,13-14H2,(H2,23,25)(H,24,27)/b9-7+. The van der Waals surface area contributed by atoms with E-state index in [0.717, 1.165) is 30.6 Å². The fourth-order valence-corrected chi connectivity index (χ4v) is 4.11. The molecule has 0 bridgehead atoms. The minimum atomic E-state index is -0.108. The molecule has 2 aromatic rings. The molecule has 6 heteroatoms. The number of nitrogens with two attached hydrogens (primary N) is 1. The van der Waals surface area contributed by atoms with Gasteiger partial charge < -0.3 is 16.0 Å². The van der Waals surface area contributed by atoms with Gasteiger partial charge in [0.1, 0.15) is 5.82 Å². The lowest BCUT2D eigenvalue weighted by molar-refractivity contribution is -0.116. The van der Waals surface area contributed by atoms with E-state index in [2.05, 4.69) is 10.3 Å². The fraction of sp³-hybridized carbons (Fsp3) is 0.318. The summed E-state index contributed by atoms with van der Waals surface area (Å²) in [4.78, 5) is 30.4. The number of hydrogen-bond donors (Lipinski definition) is 2. The lowest BCUT2D eigenvalue weighted by Crippen LogP contribution is -2.32. The Balaban J connectivity index is 1.17. The Kier molecular flexibility index (Phi) is 5.10. The highest BCUT2D eigenvalue weighted by Crippen LogP contribution is 2.53. The fourth-order valence-electron chi connectivity index (χ4n) is 4.11. The zero-order valence-electron chi connectivity index (χ0n) is 15.6. The number of nitrogens with zero attached hydrogens (tertiary/aromatic N) is 2. The van der Waals surface area contributed by atoms with Crippen molar-refractivity contribution < 1.29 is 9.59 Å². The number of aromatic nitrogens is 1. The number of likely N-dealkylation sites (tertiary alicyclic amines) is 1. The Morgan fingerprint density at radius 2 is 1.89 bits per heavy atom. The Labute approximate surface area is 164 Å². The van der Waals surface area contributed by atoms with E-state index in [1.54, 1.807) is 18.3 Å². The quantitative estimate of drug-likeness (QED) is 0.757. The van der Waals surface area contributed by atoms with Crippen LogP contribution < -0.4 is 11.1 Å². The van der Waals surface area contributed by atoms with Gasteiger partial charge in [-0.1, -0.05) is 18.2 Å². The second-order valence-electron chi connectivity index (χ2n) is 7.50. The normalized spacial score (nSPS) is 22.9. The zero-order valence-corrected chi connectivity index (χ0v) is 15.6. The Morgan fingerprint density at radius 3 is 2.57 bits per heavy atom. The maximum Gasteiger partial charge on any atom is 0.253 e. The van der Waals surface area contributed by atoms with Crippen molar-refractivity contribution in [3.8, 4) is 0 Å². The van der Waals surface area contributed by atoms with E-state index in [-0.39, 0.29) is 11.8 Å². The maximum absolute atomic E-state index is 12.5. The average Bonchev–Trinajstić information content (AvgIpc) is 3.16. The van der Waals surface area contributed by atoms with Gasteiger partial charge in [0, 0.05) is 37.5 Å². The average molecular weight is 376 g/mol. The van der Waals surface area contributed by atoms with Gasteiger partial charge in [0.15, 0.2) is 0 Å². The molecule has 0 radical (unpaired) electrons. The summed E-state index contributed by atoms with van der Waals surface area (Å²) < 4.78 is 0. The number of rotatable bonds is 6. The first-order valence-electron chi connectivity index (χ1n) is 9.63. The van der Waals surface area contributed by atoms with E-state index in [9.17, 15) is 9.59 Å². The van der Waals surface area contributed by atoms with Crippen molar-refractivity contribution in [2.45, 2.75) is 6.42 Å². The summed E-state index contributed by atoms with van der Waals surface area (Å²) in [6.07, 6.45) is 5.83. The van der Waals surface area contributed by atoms with Crippen molar-refractivity contribution in [1.82, 2.24) is 15.2 Å². The summed E-state index contributed by atoms with van der Waals surface area (Å²) in [5, 5.41) is 2.93. The van der Waals surface area contributed by atoms with Crippen molar-refractivity contribution in [3.05, 3.63) is 65.9 Å². The lowest BCUT2D eigenvalue weighted by Gasteiger charge is -2.20. The van der Waals surface area contributed by atoms with Gasteiger partial charge in [-0.3, -0.25) is 9.59 Å². The molecule has 3 N–H and O–H groups in total. The van der Waals surface area contributed by atoms with Gasteiger partial charge in [-0.2, -0.15) is 0 Å². The second-order valence-corrected chi connectivity index (χ2v) is 7.50. The first-order valence-corrected chi connectivity index (χ1v) is 9.63. The second kappa shape index (κ2) is 7.84. The summed E-state index contributed by atoms with van der Waals surface area (Å²) in [6.45, 7) is 2.33. The number of hydrogen-bond acceptors (Lipinski definition) is 4. The molecule has 1 aromatic heterocycles. The number of pyridine rings is 1. The highest BCUT2D eigenvalue weighted by Gasteiger charge is 2.55. The van der Waals surface area contributed by atoms with Gasteiger partial charge >= 0.3 is 0 Å². The van der Waals surface area contributed by atoms with Crippen molar-refractivity contribution in [1.29, 1.82) is 0 Å². The summed E-state index contributed by atoms with van der Waals surface area (Å²) in [6, 6.07) is 13.0. The molecule has 144 valence electrons. The van der Waals surface area contributed by atoms with E-state index in [1.165, 1.54) is 6.08 Å². The minimum absolute atomic E-state index is 0.108. The molecule has 28 heavy (non-hydrogen) atoms. The number of anilines is 1. The molecule has 2 unspecified atom stereocenters. The van der Waals surface area contributed by atoms with Gasteiger partial charge in [-0.05, 0) is 60.1 Å². The van der Waals surface area contributed by atoms with Gasteiger partial charge in [-0.15, -0.1) is 0 Å². The van der Waals surface area contributed by atoms with Gasteiger partial charge in [-0.25, -0.2) is 4.98 Å². The van der Waals surface area contributed by atoms with E-state index in [1.807, 2.05) is 41.3 Å². The molecule has 4 rings (SSSR count). The van der Waals surface area contributed by atoms with Crippen molar-refractivity contribution in [3.63, 3.8) is 0 Å². The number of fused-ring (bicyclic) bond motifs is 1. The topological polar surface area (TPSA) is 88.3 Å². The highest BCUT2D eigenvalue weighted by molar-refractivity contribution is 5.94. The number of amides is 2. The van der Waals surface area contributed by atoms with Crippen LogP contribution in [0, 0.1) is 17.8 Å². The highest BCUT2D eigenvalue weighted by atomic mass is 16.2. The third-order valence-corrected chi connectivity index (χ3v) is 5.69. The molecule has 6 nitrogen and oxygen atoms in total. The van der Waals surface area contributed by atoms with Gasteiger partial charge in [0.2, 0.25) is 5.91 Å². The minimum Gasteiger partial charge on any atom is -0.384 e. The molecule has 2 heterocycles. The molecule has 2 amide bonds. The summed E-state index contributed by atoms with van der Waals surface area (Å²) in [7, 11) is 0. The molecule has 2 aliphatic rings. The largest absolute Gasteiger partial charge is 0.384 e. The molecule has 0 spiro atoms. The third-order valence-electron chi connectivity index (χ3n) is 5.69. The monoisotopic (exact) mass is 376 g/mol. The van der Waals surface area contributed by atoms with Crippen molar-refractivity contribution in [2.75, 3.05) is 25.4 Å². The molecule has 1 aliphatic carbocycles. The molecule has 1 saturated heterocycles. The van der Waals surface area contributed by atoms with Crippen LogP contribution in [0.1, 0.15) is 22.3 Å². The Hall–Kier alpha value is -3.15. The van der Waals surface area contributed by atoms with Crippen LogP contribution in [0.5, 0.6) is 0 Å².